The molecule has 0 aliphatic rings. The highest BCUT2D eigenvalue weighted by Crippen LogP contribution is 2.18. The van der Waals surface area contributed by atoms with Crippen molar-refractivity contribution in [3.63, 3.8) is 0 Å². The number of aliphatic hydroxyl groups excluding tert-OH is 1. The molecule has 1 unspecified atom stereocenters. The molecule has 3 aromatic rings. The summed E-state index contributed by atoms with van der Waals surface area (Å²) in [6.45, 7) is 0.606. The molecule has 0 saturated heterocycles. The maximum atomic E-state index is 10.2. The van der Waals surface area contributed by atoms with Gasteiger partial charge in [0.1, 0.15) is 6.10 Å². The Balaban J connectivity index is 0.000000500. The number of pyridine rings is 1. The second-order valence-corrected chi connectivity index (χ2v) is 7.65. The van der Waals surface area contributed by atoms with Crippen LogP contribution in [0.15, 0.2) is 90.1 Å². The fourth-order valence-corrected chi connectivity index (χ4v) is 3.25. The van der Waals surface area contributed by atoms with Crippen LogP contribution in [0.4, 0.5) is 0 Å². The van der Waals surface area contributed by atoms with Gasteiger partial charge in [-0.05, 0) is 23.3 Å². The number of thioether (sulfide) groups is 1. The minimum absolute atomic E-state index is 0.368. The minimum atomic E-state index is -4.94. The highest BCUT2D eigenvalue weighted by molar-refractivity contribution is 7.99. The monoisotopic (exact) mass is 421 g/mol. The van der Waals surface area contributed by atoms with Crippen molar-refractivity contribution >= 4 is 11.8 Å². The fraction of sp³-hybridized carbons (Fsp3) is 0.150. The predicted molar refractivity (Wildman–Crippen MR) is 95.2 cm³/mol. The fourth-order valence-electron chi connectivity index (χ4n) is 2.41. The molecule has 28 heavy (non-hydrogen) atoms. The van der Waals surface area contributed by atoms with Gasteiger partial charge in [-0.2, -0.15) is 0 Å². The van der Waals surface area contributed by atoms with Gasteiger partial charge in [-0.3, -0.25) is 0 Å². The van der Waals surface area contributed by atoms with E-state index in [1.807, 2.05) is 53.4 Å². The first-order valence-electron chi connectivity index (χ1n) is 8.33. The molecule has 0 saturated carbocycles. The average Bonchev–Trinajstić information content (AvgIpc) is 2.67. The van der Waals surface area contributed by atoms with E-state index in [1.54, 1.807) is 11.8 Å². The van der Waals surface area contributed by atoms with Gasteiger partial charge in [0.25, 0.3) is 0 Å². The molecule has 2 aromatic carbocycles. The number of rotatable bonds is 6. The van der Waals surface area contributed by atoms with E-state index in [0.717, 1.165) is 0 Å². The third kappa shape index (κ3) is 9.29. The summed E-state index contributed by atoms with van der Waals surface area (Å²) in [7, 11) is -4.94. The summed E-state index contributed by atoms with van der Waals surface area (Å²) >= 11 is 1.68. The molecule has 1 aromatic heterocycles. The largest absolute Gasteiger partial charge is 0.386 e. The molecule has 6 nitrogen and oxygen atoms in total. The van der Waals surface area contributed by atoms with Crippen LogP contribution in [0.25, 0.3) is 11.1 Å². The quantitative estimate of drug-likeness (QED) is 0.404. The van der Waals surface area contributed by atoms with Crippen molar-refractivity contribution in [3.8, 4) is 11.1 Å². The third-order valence-corrected chi connectivity index (χ3v) is 4.76. The maximum Gasteiger partial charge on any atom is 0.174 e. The highest BCUT2D eigenvalue weighted by atomic mass is 35.7. The van der Waals surface area contributed by atoms with Crippen LogP contribution >= 0.6 is 11.8 Å². The van der Waals surface area contributed by atoms with Crippen LogP contribution in [-0.4, -0.2) is 17.0 Å². The molecule has 0 fully saturated rings. The van der Waals surface area contributed by atoms with E-state index in [0.29, 0.717) is 12.3 Å². The average molecular weight is 422 g/mol. The Bertz CT molecular complexity index is 808. The van der Waals surface area contributed by atoms with Gasteiger partial charge in [0, 0.05) is 22.8 Å². The maximum absolute atomic E-state index is 10.2. The smallest absolute Gasteiger partial charge is 0.174 e. The molecule has 1 atom stereocenters. The van der Waals surface area contributed by atoms with Gasteiger partial charge in [-0.25, -0.2) is 23.2 Å². The standard InChI is InChI=1S/C20H20NOS.ClHO4/c22-19(16-23-20-9-5-2-6-10-20)15-21-13-11-18(12-14-21)17-7-3-1-4-8-17;2-1(3,4)5/h1-14,19,22H,15-16H2;(H,2,3,4,5)/q+1;/p-1. The Morgan fingerprint density at radius 1 is 0.786 bits per heavy atom. The molecular weight excluding hydrogens is 402 g/mol. The zero-order valence-electron chi connectivity index (χ0n) is 14.9. The third-order valence-electron chi connectivity index (χ3n) is 3.61. The lowest BCUT2D eigenvalue weighted by molar-refractivity contribution is -2.00. The molecule has 0 aliphatic carbocycles. The lowest BCUT2D eigenvalue weighted by atomic mass is 10.1. The minimum Gasteiger partial charge on any atom is -0.386 e. The normalized spacial score (nSPS) is 12.0. The summed E-state index contributed by atoms with van der Waals surface area (Å²) in [5.74, 6) is 0.692. The molecule has 0 bridgehead atoms. The number of aliphatic hydroxyl groups is 1. The summed E-state index contributed by atoms with van der Waals surface area (Å²) in [4.78, 5) is 1.19. The van der Waals surface area contributed by atoms with Crippen LogP contribution in [0.5, 0.6) is 0 Å². The van der Waals surface area contributed by atoms with Gasteiger partial charge in [0.05, 0.1) is 0 Å². The first-order valence-corrected chi connectivity index (χ1v) is 10.6. The summed E-state index contributed by atoms with van der Waals surface area (Å²) in [5, 5.41) is 10.2. The van der Waals surface area contributed by atoms with Crippen LogP contribution in [0.2, 0.25) is 0 Å². The van der Waals surface area contributed by atoms with E-state index in [9.17, 15) is 5.11 Å². The van der Waals surface area contributed by atoms with Gasteiger partial charge in [-0.15, -0.1) is 22.0 Å². The van der Waals surface area contributed by atoms with Crippen molar-refractivity contribution in [2.45, 2.75) is 17.5 Å². The molecule has 1 N–H and O–H groups in total. The molecule has 0 radical (unpaired) electrons. The van der Waals surface area contributed by atoms with Crippen molar-refractivity contribution in [2.75, 3.05) is 5.75 Å². The number of benzene rings is 2. The van der Waals surface area contributed by atoms with Crippen molar-refractivity contribution in [1.82, 2.24) is 0 Å². The molecule has 0 amide bonds. The van der Waals surface area contributed by atoms with Gasteiger partial charge < -0.3 is 5.11 Å². The highest BCUT2D eigenvalue weighted by Gasteiger charge is 2.11. The van der Waals surface area contributed by atoms with Gasteiger partial charge >= 0.3 is 0 Å². The lowest BCUT2D eigenvalue weighted by Crippen LogP contribution is -2.68. The van der Waals surface area contributed by atoms with Crippen LogP contribution in [0.3, 0.4) is 0 Å². The Hall–Kier alpha value is -1.97. The van der Waals surface area contributed by atoms with Gasteiger partial charge in [0.2, 0.25) is 0 Å². The SMILES string of the molecule is OC(CSc1ccccc1)C[n+]1ccc(-c2ccccc2)cc1.[O-][Cl+3]([O-])([O-])[O-]. The Morgan fingerprint density at radius 3 is 1.79 bits per heavy atom. The van der Waals surface area contributed by atoms with Crippen LogP contribution in [0.1, 0.15) is 0 Å². The molecular formula is C20H20ClNO5S. The predicted octanol–water partition coefficient (Wildman–Crippen LogP) is -0.962. The van der Waals surface area contributed by atoms with Crippen molar-refractivity contribution < 1.29 is 38.6 Å². The van der Waals surface area contributed by atoms with E-state index in [2.05, 4.69) is 36.4 Å². The topological polar surface area (TPSA) is 116 Å². The second kappa shape index (κ2) is 11.1. The second-order valence-electron chi connectivity index (χ2n) is 5.81. The molecule has 0 spiro atoms. The number of hydrogen-bond acceptors (Lipinski definition) is 6. The van der Waals surface area contributed by atoms with Crippen molar-refractivity contribution in [2.24, 2.45) is 0 Å². The Morgan fingerprint density at radius 2 is 1.25 bits per heavy atom. The zero-order valence-corrected chi connectivity index (χ0v) is 16.5. The van der Waals surface area contributed by atoms with Crippen LogP contribution in [-0.2, 0) is 6.54 Å². The number of hydrogen-bond donors (Lipinski definition) is 1. The molecule has 3 rings (SSSR count). The number of aromatic nitrogens is 1. The Kier molecular flexibility index (Phi) is 8.88. The number of nitrogens with zero attached hydrogens (tertiary/aromatic N) is 1. The van der Waals surface area contributed by atoms with Crippen molar-refractivity contribution in [3.05, 3.63) is 85.2 Å². The molecule has 148 valence electrons. The summed E-state index contributed by atoms with van der Waals surface area (Å²) in [5.41, 5.74) is 2.40. The van der Waals surface area contributed by atoms with Crippen LogP contribution in [0, 0.1) is 10.2 Å². The Labute approximate surface area is 170 Å². The van der Waals surface area contributed by atoms with E-state index < -0.39 is 10.2 Å². The van der Waals surface area contributed by atoms with Gasteiger partial charge in [0.15, 0.2) is 18.9 Å². The lowest BCUT2D eigenvalue weighted by Gasteiger charge is -2.17. The number of halogens is 1. The molecule has 1 heterocycles. The first-order chi connectivity index (χ1) is 13.3. The molecule has 0 aliphatic heterocycles. The molecule has 8 heteroatoms. The summed E-state index contributed by atoms with van der Waals surface area (Å²) < 4.78 is 36.0. The van der Waals surface area contributed by atoms with Crippen LogP contribution < -0.4 is 23.2 Å². The summed E-state index contributed by atoms with van der Waals surface area (Å²) in [6, 6.07) is 24.7. The van der Waals surface area contributed by atoms with E-state index in [1.165, 1.54) is 16.0 Å². The van der Waals surface area contributed by atoms with E-state index in [-0.39, 0.29) is 6.10 Å². The van der Waals surface area contributed by atoms with Crippen molar-refractivity contribution in [1.29, 1.82) is 0 Å². The summed E-state index contributed by atoms with van der Waals surface area (Å²) in [6.07, 6.45) is 3.69. The van der Waals surface area contributed by atoms with E-state index in [4.69, 9.17) is 18.6 Å². The van der Waals surface area contributed by atoms with E-state index >= 15 is 0 Å². The first kappa shape index (κ1) is 22.3. The zero-order chi connectivity index (χ0) is 20.4. The van der Waals surface area contributed by atoms with Gasteiger partial charge in [-0.1, -0.05) is 48.5 Å².